The van der Waals surface area contributed by atoms with E-state index in [0.717, 1.165) is 81.3 Å². The quantitative estimate of drug-likeness (QED) is 0.0741. The van der Waals surface area contributed by atoms with Gasteiger partial charge in [0.15, 0.2) is 0 Å². The molecule has 8 rings (SSSR count). The molecule has 4 aromatic heterocycles. The Morgan fingerprint density at radius 1 is 0.869 bits per heavy atom. The number of aromatic nitrogens is 5. The first-order valence-electron chi connectivity index (χ1n) is 21.8. The highest BCUT2D eigenvalue weighted by atomic mass is 16.6. The Labute approximate surface area is 357 Å². The molecular weight excluding hydrogens is 767 g/mol. The zero-order valence-electron chi connectivity index (χ0n) is 35.1. The van der Waals surface area contributed by atoms with Gasteiger partial charge >= 0.3 is 17.9 Å². The summed E-state index contributed by atoms with van der Waals surface area (Å²) in [6, 6.07) is 15.5. The van der Waals surface area contributed by atoms with E-state index in [1.54, 1.807) is 73.2 Å². The number of aryl methyl sites for hydroxylation is 1. The van der Waals surface area contributed by atoms with Gasteiger partial charge in [0.05, 0.1) is 5.41 Å². The molecule has 6 unspecified atom stereocenters. The van der Waals surface area contributed by atoms with Crippen LogP contribution < -0.4 is 0 Å². The standard InChI is InChI=1S/C50H55N5O6/c1-4-13-37-32-54-48(55-37)50(25-26-50)44(61-47(58)42-18-7-10-29-53-42)19-11-15-36-22-23-39-34(14-12-24-49(36,39)3)20-21-35-30-38(59-45(56)40-16-5-8-27-51-40)31-43(33(35)2)60-46(57)41-17-6-9-28-52-41/h5-11,16-21,27-29,32,36,38-39,43-44H,2,4,12-15,22-26,30-31H2,1,3H3,(H,54,55)/b19-11+,34-20+,35-21-. The number of imidazole rings is 1. The lowest BCUT2D eigenvalue weighted by atomic mass is 9.63. The molecule has 4 aliphatic carbocycles. The van der Waals surface area contributed by atoms with Crippen molar-refractivity contribution in [3.63, 3.8) is 0 Å². The molecule has 0 saturated heterocycles. The number of ether oxygens (including phenoxy) is 3. The van der Waals surface area contributed by atoms with Crippen molar-refractivity contribution in [2.75, 3.05) is 0 Å². The van der Waals surface area contributed by atoms with E-state index >= 15 is 0 Å². The van der Waals surface area contributed by atoms with Gasteiger partial charge in [-0.25, -0.2) is 34.3 Å². The highest BCUT2D eigenvalue weighted by molar-refractivity contribution is 5.88. The summed E-state index contributed by atoms with van der Waals surface area (Å²) >= 11 is 0. The molecule has 11 nitrogen and oxygen atoms in total. The number of carbonyl (C=O) groups excluding carboxylic acids is 3. The number of pyridine rings is 3. The Kier molecular flexibility index (Phi) is 12.6. The van der Waals surface area contributed by atoms with Gasteiger partial charge < -0.3 is 19.2 Å². The van der Waals surface area contributed by atoms with Crippen LogP contribution in [0.3, 0.4) is 0 Å². The predicted octanol–water partition coefficient (Wildman–Crippen LogP) is 9.62. The molecule has 1 N–H and O–H groups in total. The lowest BCUT2D eigenvalue weighted by Crippen LogP contribution is -2.34. The Hall–Kier alpha value is -5.97. The van der Waals surface area contributed by atoms with Gasteiger partial charge in [-0.2, -0.15) is 0 Å². The molecule has 0 bridgehead atoms. The van der Waals surface area contributed by atoms with Crippen LogP contribution in [0, 0.1) is 17.3 Å². The van der Waals surface area contributed by atoms with E-state index in [1.165, 1.54) is 5.57 Å². The third-order valence-corrected chi connectivity index (χ3v) is 13.4. The van der Waals surface area contributed by atoms with Crippen molar-refractivity contribution in [2.24, 2.45) is 17.3 Å². The first kappa shape index (κ1) is 41.8. The summed E-state index contributed by atoms with van der Waals surface area (Å²) in [7, 11) is 0. The van der Waals surface area contributed by atoms with Crippen LogP contribution in [0.5, 0.6) is 0 Å². The maximum atomic E-state index is 13.4. The van der Waals surface area contributed by atoms with Gasteiger partial charge in [0, 0.05) is 43.3 Å². The smallest absolute Gasteiger partial charge is 0.357 e. The molecule has 4 fully saturated rings. The van der Waals surface area contributed by atoms with Crippen molar-refractivity contribution in [1.29, 1.82) is 0 Å². The van der Waals surface area contributed by atoms with Gasteiger partial charge in [0.2, 0.25) is 0 Å². The Bertz CT molecular complexity index is 2300. The molecule has 316 valence electrons. The summed E-state index contributed by atoms with van der Waals surface area (Å²) in [5.74, 6) is 0.259. The van der Waals surface area contributed by atoms with Crippen LogP contribution in [0.15, 0.2) is 127 Å². The molecule has 0 amide bonds. The van der Waals surface area contributed by atoms with Crippen LogP contribution in [0.2, 0.25) is 0 Å². The molecule has 4 aromatic rings. The number of carbonyl (C=O) groups is 3. The minimum absolute atomic E-state index is 0.103. The molecule has 0 radical (unpaired) electrons. The van der Waals surface area contributed by atoms with Crippen LogP contribution >= 0.6 is 0 Å². The molecule has 0 aliphatic heterocycles. The molecule has 4 heterocycles. The minimum Gasteiger partial charge on any atom is -0.457 e. The van der Waals surface area contributed by atoms with E-state index in [2.05, 4.69) is 64.7 Å². The number of rotatable bonds is 14. The second kappa shape index (κ2) is 18.3. The van der Waals surface area contributed by atoms with Crippen LogP contribution in [0.1, 0.15) is 127 Å². The molecule has 4 saturated carbocycles. The van der Waals surface area contributed by atoms with E-state index in [-0.39, 0.29) is 28.6 Å². The fourth-order valence-corrected chi connectivity index (χ4v) is 9.90. The van der Waals surface area contributed by atoms with Crippen molar-refractivity contribution in [1.82, 2.24) is 24.9 Å². The van der Waals surface area contributed by atoms with Crippen LogP contribution in [0.4, 0.5) is 0 Å². The van der Waals surface area contributed by atoms with Crippen molar-refractivity contribution in [3.05, 3.63) is 156 Å². The third kappa shape index (κ3) is 9.21. The second-order valence-corrected chi connectivity index (χ2v) is 17.3. The highest BCUT2D eigenvalue weighted by Crippen LogP contribution is 2.59. The van der Waals surface area contributed by atoms with Gasteiger partial charge in [-0.15, -0.1) is 0 Å². The van der Waals surface area contributed by atoms with Crippen LogP contribution in [-0.4, -0.2) is 61.1 Å². The average molecular weight is 822 g/mol. The molecule has 6 atom stereocenters. The van der Waals surface area contributed by atoms with Gasteiger partial charge in [-0.05, 0) is 129 Å². The van der Waals surface area contributed by atoms with E-state index in [4.69, 9.17) is 19.2 Å². The Morgan fingerprint density at radius 2 is 1.54 bits per heavy atom. The number of hydrogen-bond donors (Lipinski definition) is 1. The number of esters is 3. The topological polar surface area (TPSA) is 146 Å². The molecule has 4 aliphatic rings. The Balaban J connectivity index is 0.991. The zero-order chi connectivity index (χ0) is 42.4. The first-order valence-corrected chi connectivity index (χ1v) is 21.8. The fourth-order valence-electron chi connectivity index (χ4n) is 9.90. The summed E-state index contributed by atoms with van der Waals surface area (Å²) in [5, 5.41) is 0. The summed E-state index contributed by atoms with van der Waals surface area (Å²) in [5.41, 5.74) is 4.55. The van der Waals surface area contributed by atoms with Crippen molar-refractivity contribution >= 4 is 17.9 Å². The minimum atomic E-state index is -0.693. The van der Waals surface area contributed by atoms with Gasteiger partial charge in [-0.1, -0.05) is 68.8 Å². The zero-order valence-corrected chi connectivity index (χ0v) is 35.1. The number of hydrogen-bond acceptors (Lipinski definition) is 10. The van der Waals surface area contributed by atoms with Crippen LogP contribution in [-0.2, 0) is 26.0 Å². The third-order valence-electron chi connectivity index (χ3n) is 13.4. The predicted molar refractivity (Wildman–Crippen MR) is 230 cm³/mol. The molecule has 11 heteroatoms. The Morgan fingerprint density at radius 3 is 2.18 bits per heavy atom. The molecule has 0 aromatic carbocycles. The van der Waals surface area contributed by atoms with Crippen molar-refractivity contribution in [2.45, 2.75) is 115 Å². The van der Waals surface area contributed by atoms with Crippen LogP contribution in [0.25, 0.3) is 0 Å². The number of H-pyrrole nitrogens is 1. The maximum Gasteiger partial charge on any atom is 0.357 e. The first-order chi connectivity index (χ1) is 29.7. The van der Waals surface area contributed by atoms with Crippen molar-refractivity contribution in [3.8, 4) is 0 Å². The maximum absolute atomic E-state index is 13.4. The van der Waals surface area contributed by atoms with E-state index in [9.17, 15) is 14.4 Å². The number of allylic oxidation sites excluding steroid dienone is 4. The second-order valence-electron chi connectivity index (χ2n) is 17.3. The summed E-state index contributed by atoms with van der Waals surface area (Å²) in [6.45, 7) is 8.99. The molecule has 61 heavy (non-hydrogen) atoms. The van der Waals surface area contributed by atoms with E-state index in [0.29, 0.717) is 29.5 Å². The number of nitrogens with one attached hydrogen (secondary N) is 1. The average Bonchev–Trinajstić information content (AvgIpc) is 3.83. The normalized spacial score (nSPS) is 26.2. The van der Waals surface area contributed by atoms with E-state index < -0.39 is 36.2 Å². The fraction of sp³-hybridized carbons (Fsp3) is 0.420. The van der Waals surface area contributed by atoms with Gasteiger partial charge in [0.1, 0.15) is 41.2 Å². The van der Waals surface area contributed by atoms with Crippen molar-refractivity contribution < 1.29 is 28.6 Å². The van der Waals surface area contributed by atoms with Gasteiger partial charge in [-0.3, -0.25) is 0 Å². The molecule has 0 spiro atoms. The largest absolute Gasteiger partial charge is 0.457 e. The monoisotopic (exact) mass is 821 g/mol. The number of aromatic amines is 1. The summed E-state index contributed by atoms with van der Waals surface area (Å²) < 4.78 is 18.2. The lowest BCUT2D eigenvalue weighted by Gasteiger charge is -2.42. The number of nitrogens with zero attached hydrogens (tertiary/aromatic N) is 4. The van der Waals surface area contributed by atoms with E-state index in [1.807, 2.05) is 6.20 Å². The summed E-state index contributed by atoms with van der Waals surface area (Å²) in [4.78, 5) is 60.6. The highest BCUT2D eigenvalue weighted by Gasteiger charge is 2.55. The lowest BCUT2D eigenvalue weighted by molar-refractivity contribution is 0.00146. The summed E-state index contributed by atoms with van der Waals surface area (Å²) in [6.07, 6.45) is 24.4. The van der Waals surface area contributed by atoms with Gasteiger partial charge in [0.25, 0.3) is 0 Å². The SMILES string of the molecule is C=C1/C(=C\C=C2/CCCC3(C)C(C/C=C/C(OC(=O)c4ccccn4)C4(c5ncc(CCC)[nH]5)CC4)CCC23)CC(OC(=O)c2ccccn2)CC1OC(=O)c1ccccn1. The number of fused-ring (bicyclic) bond motifs is 1. The molecular formula is C50H55N5O6.